The smallest absolute Gasteiger partial charge is 0.267 e. The van der Waals surface area contributed by atoms with Gasteiger partial charge in [-0.3, -0.25) is 4.79 Å². The standard InChI is InChI=1S/C7H7N3O/c1-3-6(2)7(11)10(4-8)5-9/h2-3H2,1H3. The van der Waals surface area contributed by atoms with E-state index >= 15 is 0 Å². The van der Waals surface area contributed by atoms with Crippen molar-refractivity contribution in [2.45, 2.75) is 13.3 Å². The van der Waals surface area contributed by atoms with Gasteiger partial charge < -0.3 is 0 Å². The third-order valence-corrected chi connectivity index (χ3v) is 1.13. The zero-order chi connectivity index (χ0) is 8.85. The summed E-state index contributed by atoms with van der Waals surface area (Å²) in [6.45, 7) is 5.13. The van der Waals surface area contributed by atoms with Gasteiger partial charge in [0.1, 0.15) is 0 Å². The average Bonchev–Trinajstić information content (AvgIpc) is 2.05. The largest absolute Gasteiger partial charge is 0.275 e. The van der Waals surface area contributed by atoms with Gasteiger partial charge in [0.15, 0.2) is 0 Å². The van der Waals surface area contributed by atoms with Gasteiger partial charge in [0.05, 0.1) is 0 Å². The first-order valence-corrected chi connectivity index (χ1v) is 2.99. The van der Waals surface area contributed by atoms with E-state index in [1.54, 1.807) is 6.92 Å². The molecule has 0 aliphatic carbocycles. The fraction of sp³-hybridized carbons (Fsp3) is 0.286. The van der Waals surface area contributed by atoms with Gasteiger partial charge >= 0.3 is 0 Å². The first kappa shape index (κ1) is 9.19. The van der Waals surface area contributed by atoms with E-state index in [2.05, 4.69) is 6.58 Å². The lowest BCUT2D eigenvalue weighted by atomic mass is 10.2. The molecule has 0 saturated carbocycles. The molecule has 0 unspecified atom stereocenters. The highest BCUT2D eigenvalue weighted by molar-refractivity contribution is 5.94. The minimum atomic E-state index is -0.627. The van der Waals surface area contributed by atoms with Crippen LogP contribution in [0.4, 0.5) is 0 Å². The second-order valence-electron chi connectivity index (χ2n) is 1.80. The van der Waals surface area contributed by atoms with Crippen LogP contribution in [0.1, 0.15) is 13.3 Å². The normalized spacial score (nSPS) is 7.55. The van der Waals surface area contributed by atoms with E-state index in [-0.39, 0.29) is 5.57 Å². The van der Waals surface area contributed by atoms with Crippen LogP contribution < -0.4 is 0 Å². The SMILES string of the molecule is C=C(CC)C(=O)N(C#N)C#N. The maximum absolute atomic E-state index is 10.9. The summed E-state index contributed by atoms with van der Waals surface area (Å²) in [5.74, 6) is -0.627. The quantitative estimate of drug-likeness (QED) is 0.330. The van der Waals surface area contributed by atoms with Gasteiger partial charge in [-0.15, -0.1) is 4.90 Å². The summed E-state index contributed by atoms with van der Waals surface area (Å²) in [5, 5.41) is 16.5. The maximum atomic E-state index is 10.9. The minimum absolute atomic E-state index is 0.258. The molecule has 0 radical (unpaired) electrons. The molecule has 0 N–H and O–H groups in total. The summed E-state index contributed by atoms with van der Waals surface area (Å²) < 4.78 is 0. The number of amides is 1. The number of hydrogen-bond acceptors (Lipinski definition) is 3. The van der Waals surface area contributed by atoms with Crippen LogP contribution in [-0.4, -0.2) is 10.8 Å². The Morgan fingerprint density at radius 2 is 2.00 bits per heavy atom. The third kappa shape index (κ3) is 2.11. The van der Waals surface area contributed by atoms with Crippen LogP contribution in [0.15, 0.2) is 12.2 Å². The highest BCUT2D eigenvalue weighted by Gasteiger charge is 2.13. The lowest BCUT2D eigenvalue weighted by molar-refractivity contribution is -0.122. The van der Waals surface area contributed by atoms with Crippen LogP contribution in [-0.2, 0) is 4.79 Å². The van der Waals surface area contributed by atoms with Crippen molar-refractivity contribution in [1.82, 2.24) is 4.90 Å². The van der Waals surface area contributed by atoms with Gasteiger partial charge in [0.25, 0.3) is 5.91 Å². The molecule has 0 spiro atoms. The van der Waals surface area contributed by atoms with E-state index < -0.39 is 5.91 Å². The van der Waals surface area contributed by atoms with Crippen LogP contribution in [0.25, 0.3) is 0 Å². The molecule has 0 aromatic heterocycles. The molecule has 0 aliphatic heterocycles. The van der Waals surface area contributed by atoms with Crippen LogP contribution in [0.3, 0.4) is 0 Å². The molecule has 0 aliphatic rings. The molecule has 0 saturated heterocycles. The molecular weight excluding hydrogens is 142 g/mol. The van der Waals surface area contributed by atoms with Crippen molar-refractivity contribution >= 4 is 5.91 Å². The molecule has 0 atom stereocenters. The van der Waals surface area contributed by atoms with Crippen molar-refractivity contribution in [3.05, 3.63) is 12.2 Å². The Hall–Kier alpha value is -1.81. The predicted molar refractivity (Wildman–Crippen MR) is 37.5 cm³/mol. The molecule has 1 amide bonds. The first-order chi connectivity index (χ1) is 5.17. The Morgan fingerprint density at radius 3 is 2.27 bits per heavy atom. The van der Waals surface area contributed by atoms with E-state index in [0.29, 0.717) is 11.3 Å². The summed E-state index contributed by atoms with van der Waals surface area (Å²) in [4.78, 5) is 11.3. The van der Waals surface area contributed by atoms with Crippen LogP contribution in [0, 0.1) is 22.9 Å². The summed E-state index contributed by atoms with van der Waals surface area (Å²) in [5.41, 5.74) is 0.258. The zero-order valence-corrected chi connectivity index (χ0v) is 6.16. The number of nitrogens with zero attached hydrogens (tertiary/aromatic N) is 3. The summed E-state index contributed by atoms with van der Waals surface area (Å²) in [6.07, 6.45) is 3.30. The fourth-order valence-electron chi connectivity index (χ4n) is 0.423. The number of carbonyl (C=O) groups excluding carboxylic acids is 1. The summed E-state index contributed by atoms with van der Waals surface area (Å²) in [6, 6.07) is 0. The van der Waals surface area contributed by atoms with Gasteiger partial charge in [0.2, 0.25) is 12.4 Å². The van der Waals surface area contributed by atoms with Crippen molar-refractivity contribution in [2.24, 2.45) is 0 Å². The summed E-state index contributed by atoms with van der Waals surface area (Å²) >= 11 is 0. The first-order valence-electron chi connectivity index (χ1n) is 2.99. The van der Waals surface area contributed by atoms with E-state index in [4.69, 9.17) is 10.5 Å². The lowest BCUT2D eigenvalue weighted by Crippen LogP contribution is -2.21. The highest BCUT2D eigenvalue weighted by atomic mass is 16.2. The van der Waals surface area contributed by atoms with E-state index in [0.717, 1.165) is 0 Å². The topological polar surface area (TPSA) is 67.9 Å². The minimum Gasteiger partial charge on any atom is -0.267 e. The highest BCUT2D eigenvalue weighted by Crippen LogP contribution is 2.00. The number of carbonyl (C=O) groups is 1. The van der Waals surface area contributed by atoms with E-state index in [1.807, 2.05) is 0 Å². The monoisotopic (exact) mass is 149 g/mol. The van der Waals surface area contributed by atoms with Crippen molar-refractivity contribution in [2.75, 3.05) is 0 Å². The molecular formula is C7H7N3O. The average molecular weight is 149 g/mol. The van der Waals surface area contributed by atoms with Gasteiger partial charge in [0, 0.05) is 5.57 Å². The number of hydrogen-bond donors (Lipinski definition) is 0. The molecule has 56 valence electrons. The maximum Gasteiger partial charge on any atom is 0.275 e. The second kappa shape index (κ2) is 4.08. The molecule has 0 bridgehead atoms. The molecule has 4 heteroatoms. The van der Waals surface area contributed by atoms with Gasteiger partial charge in [-0.25, -0.2) is 0 Å². The van der Waals surface area contributed by atoms with Crippen molar-refractivity contribution in [3.63, 3.8) is 0 Å². The Bertz CT molecular complexity index is 242. The Kier molecular flexibility index (Phi) is 3.41. The molecule has 11 heavy (non-hydrogen) atoms. The van der Waals surface area contributed by atoms with Crippen LogP contribution >= 0.6 is 0 Å². The lowest BCUT2D eigenvalue weighted by Gasteiger charge is -2.02. The molecule has 0 fully saturated rings. The van der Waals surface area contributed by atoms with Crippen molar-refractivity contribution in [1.29, 1.82) is 10.5 Å². The van der Waals surface area contributed by atoms with Gasteiger partial charge in [-0.05, 0) is 6.42 Å². The molecule has 4 nitrogen and oxygen atoms in total. The Labute approximate surface area is 64.9 Å². The second-order valence-corrected chi connectivity index (χ2v) is 1.80. The van der Waals surface area contributed by atoms with Gasteiger partial charge in [-0.2, -0.15) is 10.5 Å². The third-order valence-electron chi connectivity index (χ3n) is 1.13. The zero-order valence-electron chi connectivity index (χ0n) is 6.16. The predicted octanol–water partition coefficient (Wildman–Crippen LogP) is 0.743. The molecule has 0 aromatic carbocycles. The van der Waals surface area contributed by atoms with Crippen molar-refractivity contribution in [3.8, 4) is 12.4 Å². The Morgan fingerprint density at radius 1 is 1.55 bits per heavy atom. The number of nitriles is 2. The van der Waals surface area contributed by atoms with E-state index in [1.165, 1.54) is 12.4 Å². The molecule has 0 rings (SSSR count). The Balaban J connectivity index is 4.40. The van der Waals surface area contributed by atoms with Crippen LogP contribution in [0.2, 0.25) is 0 Å². The molecule has 0 heterocycles. The number of rotatable bonds is 2. The van der Waals surface area contributed by atoms with Gasteiger partial charge in [-0.1, -0.05) is 13.5 Å². The fourth-order valence-corrected chi connectivity index (χ4v) is 0.423. The molecule has 0 aromatic rings. The van der Waals surface area contributed by atoms with Crippen molar-refractivity contribution < 1.29 is 4.79 Å². The van der Waals surface area contributed by atoms with E-state index in [9.17, 15) is 4.79 Å². The van der Waals surface area contributed by atoms with Crippen LogP contribution in [0.5, 0.6) is 0 Å². The summed E-state index contributed by atoms with van der Waals surface area (Å²) in [7, 11) is 0.